The molecule has 2 N–H and O–H groups in total. The van der Waals surface area contributed by atoms with Crippen LogP contribution in [0.15, 0.2) is 0 Å². The highest BCUT2D eigenvalue weighted by atomic mass is 16.1. The monoisotopic (exact) mass is 234 g/mol. The molecule has 1 heterocycles. The van der Waals surface area contributed by atoms with Gasteiger partial charge in [-0.15, -0.1) is 5.10 Å². The molecular formula is C12H18N4O. The summed E-state index contributed by atoms with van der Waals surface area (Å²) in [6.07, 6.45) is 5.92. The number of amides is 1. The molecule has 2 aliphatic rings. The number of nitrogens with zero attached hydrogens (tertiary/aromatic N) is 2. The van der Waals surface area contributed by atoms with Crippen LogP contribution in [0.5, 0.6) is 0 Å². The summed E-state index contributed by atoms with van der Waals surface area (Å²) in [7, 11) is 0. The smallest absolute Gasteiger partial charge is 0.248 e. The summed E-state index contributed by atoms with van der Waals surface area (Å²) in [5.74, 6) is 3.45. The minimum atomic E-state index is 0.0570. The maximum absolute atomic E-state index is 11.8. The molecule has 0 radical (unpaired) electrons. The van der Waals surface area contributed by atoms with Crippen LogP contribution in [-0.2, 0) is 4.79 Å². The Bertz CT molecular complexity index is 428. The SMILES string of the molecule is Cc1nc(NC(=O)CC2CC3CCC2C3)n[nH]1. The van der Waals surface area contributed by atoms with E-state index in [-0.39, 0.29) is 5.91 Å². The quantitative estimate of drug-likeness (QED) is 0.838. The van der Waals surface area contributed by atoms with Crippen LogP contribution in [-0.4, -0.2) is 21.1 Å². The third-order valence-corrected chi connectivity index (χ3v) is 4.18. The molecule has 17 heavy (non-hydrogen) atoms. The number of aromatic amines is 1. The number of carbonyl (C=O) groups is 1. The van der Waals surface area contributed by atoms with Crippen molar-refractivity contribution in [2.75, 3.05) is 5.32 Å². The minimum Gasteiger partial charge on any atom is -0.293 e. The Kier molecular flexibility index (Phi) is 2.61. The first-order valence-corrected chi connectivity index (χ1v) is 6.39. The maximum Gasteiger partial charge on any atom is 0.248 e. The zero-order valence-electron chi connectivity index (χ0n) is 10.1. The normalized spacial score (nSPS) is 30.8. The second-order valence-corrected chi connectivity index (χ2v) is 5.43. The topological polar surface area (TPSA) is 70.7 Å². The van der Waals surface area contributed by atoms with Crippen molar-refractivity contribution in [1.29, 1.82) is 0 Å². The lowest BCUT2D eigenvalue weighted by Crippen LogP contribution is -2.20. The van der Waals surface area contributed by atoms with Gasteiger partial charge in [0, 0.05) is 6.42 Å². The van der Waals surface area contributed by atoms with Gasteiger partial charge in [-0.3, -0.25) is 15.2 Å². The van der Waals surface area contributed by atoms with Gasteiger partial charge in [0.1, 0.15) is 5.82 Å². The average Bonchev–Trinajstić information content (AvgIpc) is 2.95. The molecule has 92 valence electrons. The number of hydrogen-bond acceptors (Lipinski definition) is 3. The number of anilines is 1. The third kappa shape index (κ3) is 2.18. The highest BCUT2D eigenvalue weighted by molar-refractivity contribution is 5.89. The van der Waals surface area contributed by atoms with Crippen molar-refractivity contribution in [3.8, 4) is 0 Å². The number of nitrogens with one attached hydrogen (secondary N) is 2. The molecule has 2 bridgehead atoms. The molecule has 1 aromatic heterocycles. The molecule has 1 aromatic rings. The highest BCUT2D eigenvalue weighted by Gasteiger charge is 2.40. The van der Waals surface area contributed by atoms with Gasteiger partial charge < -0.3 is 0 Å². The summed E-state index contributed by atoms with van der Waals surface area (Å²) in [5, 5.41) is 9.39. The number of aromatic nitrogens is 3. The van der Waals surface area contributed by atoms with Crippen LogP contribution in [0.3, 0.4) is 0 Å². The van der Waals surface area contributed by atoms with Crippen molar-refractivity contribution in [3.05, 3.63) is 5.82 Å². The molecule has 3 rings (SSSR count). The molecule has 2 saturated carbocycles. The summed E-state index contributed by atoms with van der Waals surface area (Å²) in [6.45, 7) is 1.82. The standard InChI is InChI=1S/C12H18N4O/c1-7-13-12(16-15-7)14-11(17)6-10-5-8-2-3-9(10)4-8/h8-10H,2-6H2,1H3,(H2,13,14,15,16,17). The molecule has 5 nitrogen and oxygen atoms in total. The Morgan fingerprint density at radius 3 is 2.94 bits per heavy atom. The molecule has 5 heteroatoms. The van der Waals surface area contributed by atoms with E-state index in [1.165, 1.54) is 25.7 Å². The molecule has 0 spiro atoms. The van der Waals surface area contributed by atoms with E-state index in [9.17, 15) is 4.79 Å². The maximum atomic E-state index is 11.8. The lowest BCUT2D eigenvalue weighted by atomic mass is 9.86. The first-order chi connectivity index (χ1) is 8.20. The van der Waals surface area contributed by atoms with E-state index in [2.05, 4.69) is 20.5 Å². The van der Waals surface area contributed by atoms with Crippen LogP contribution in [0, 0.1) is 24.7 Å². The summed E-state index contributed by atoms with van der Waals surface area (Å²) < 4.78 is 0. The Morgan fingerprint density at radius 2 is 2.35 bits per heavy atom. The van der Waals surface area contributed by atoms with E-state index < -0.39 is 0 Å². The zero-order valence-corrected chi connectivity index (χ0v) is 10.1. The number of carbonyl (C=O) groups excluding carboxylic acids is 1. The van der Waals surface area contributed by atoms with Gasteiger partial charge >= 0.3 is 0 Å². The van der Waals surface area contributed by atoms with Crippen LogP contribution in [0.1, 0.15) is 37.9 Å². The Morgan fingerprint density at radius 1 is 1.47 bits per heavy atom. The van der Waals surface area contributed by atoms with E-state index >= 15 is 0 Å². The molecule has 0 aromatic carbocycles. The lowest BCUT2D eigenvalue weighted by molar-refractivity contribution is -0.117. The van der Waals surface area contributed by atoms with Gasteiger partial charge in [-0.25, -0.2) is 0 Å². The first-order valence-electron chi connectivity index (χ1n) is 6.39. The predicted molar refractivity (Wildman–Crippen MR) is 63.3 cm³/mol. The fraction of sp³-hybridized carbons (Fsp3) is 0.750. The summed E-state index contributed by atoms with van der Waals surface area (Å²) in [6, 6.07) is 0. The summed E-state index contributed by atoms with van der Waals surface area (Å²) >= 11 is 0. The van der Waals surface area contributed by atoms with Crippen LogP contribution >= 0.6 is 0 Å². The van der Waals surface area contributed by atoms with E-state index in [1.54, 1.807) is 0 Å². The second-order valence-electron chi connectivity index (χ2n) is 5.43. The van der Waals surface area contributed by atoms with E-state index in [1.807, 2.05) is 6.92 Å². The van der Waals surface area contributed by atoms with E-state index in [4.69, 9.17) is 0 Å². The van der Waals surface area contributed by atoms with Gasteiger partial charge in [-0.1, -0.05) is 6.42 Å². The van der Waals surface area contributed by atoms with Crippen LogP contribution in [0.25, 0.3) is 0 Å². The molecule has 2 aliphatic carbocycles. The number of aryl methyl sites for hydroxylation is 1. The van der Waals surface area contributed by atoms with Crippen molar-refractivity contribution in [2.45, 2.75) is 39.0 Å². The first kappa shape index (κ1) is 10.7. The van der Waals surface area contributed by atoms with Crippen LogP contribution in [0.4, 0.5) is 5.95 Å². The van der Waals surface area contributed by atoms with Gasteiger partial charge in [0.05, 0.1) is 0 Å². The lowest BCUT2D eigenvalue weighted by Gasteiger charge is -2.20. The molecule has 2 fully saturated rings. The van der Waals surface area contributed by atoms with Gasteiger partial charge in [0.2, 0.25) is 11.9 Å². The van der Waals surface area contributed by atoms with Crippen LogP contribution < -0.4 is 5.32 Å². The molecule has 0 saturated heterocycles. The number of fused-ring (bicyclic) bond motifs is 2. The Balaban J connectivity index is 1.54. The highest BCUT2D eigenvalue weighted by Crippen LogP contribution is 2.49. The predicted octanol–water partition coefficient (Wildman–Crippen LogP) is 1.88. The van der Waals surface area contributed by atoms with Crippen LogP contribution in [0.2, 0.25) is 0 Å². The Labute approximate surface area is 100 Å². The minimum absolute atomic E-state index is 0.0570. The van der Waals surface area contributed by atoms with Gasteiger partial charge in [-0.2, -0.15) is 4.98 Å². The van der Waals surface area contributed by atoms with Crippen molar-refractivity contribution >= 4 is 11.9 Å². The van der Waals surface area contributed by atoms with Gasteiger partial charge in [-0.05, 0) is 43.9 Å². The Hall–Kier alpha value is -1.39. The molecule has 0 aliphatic heterocycles. The molecular weight excluding hydrogens is 216 g/mol. The van der Waals surface area contributed by atoms with Gasteiger partial charge in [0.15, 0.2) is 0 Å². The zero-order chi connectivity index (χ0) is 11.8. The molecule has 1 amide bonds. The van der Waals surface area contributed by atoms with E-state index in [0.717, 1.165) is 17.7 Å². The third-order valence-electron chi connectivity index (χ3n) is 4.18. The van der Waals surface area contributed by atoms with Crippen molar-refractivity contribution < 1.29 is 4.79 Å². The summed E-state index contributed by atoms with van der Waals surface area (Å²) in [4.78, 5) is 15.9. The van der Waals surface area contributed by atoms with Crippen molar-refractivity contribution in [1.82, 2.24) is 15.2 Å². The number of H-pyrrole nitrogens is 1. The molecule has 3 unspecified atom stereocenters. The largest absolute Gasteiger partial charge is 0.293 e. The van der Waals surface area contributed by atoms with Crippen molar-refractivity contribution in [3.63, 3.8) is 0 Å². The van der Waals surface area contributed by atoms with Gasteiger partial charge in [0.25, 0.3) is 0 Å². The van der Waals surface area contributed by atoms with E-state index in [0.29, 0.717) is 18.3 Å². The fourth-order valence-corrected chi connectivity index (χ4v) is 3.44. The van der Waals surface area contributed by atoms with Crippen molar-refractivity contribution in [2.24, 2.45) is 17.8 Å². The number of rotatable bonds is 3. The summed E-state index contributed by atoms with van der Waals surface area (Å²) in [5.41, 5.74) is 0. The second kappa shape index (κ2) is 4.13. The fourth-order valence-electron chi connectivity index (χ4n) is 3.44. The number of hydrogen-bond donors (Lipinski definition) is 2. The molecule has 3 atom stereocenters. The average molecular weight is 234 g/mol.